The molecular formula is C14H19NO2. The number of unbranched alkanes of at least 4 members (excludes halogenated alkanes) is 1. The maximum atomic E-state index is 10.4. The fourth-order valence-electron chi connectivity index (χ4n) is 2.36. The van der Waals surface area contributed by atoms with Crippen LogP contribution in [0.5, 0.6) is 0 Å². The van der Waals surface area contributed by atoms with Crippen LogP contribution in [0.1, 0.15) is 30.4 Å². The highest BCUT2D eigenvalue weighted by Gasteiger charge is 2.14. The summed E-state index contributed by atoms with van der Waals surface area (Å²) in [4.78, 5) is 12.8. The molecule has 1 aliphatic heterocycles. The van der Waals surface area contributed by atoms with Crippen molar-refractivity contribution in [2.75, 3.05) is 13.1 Å². The lowest BCUT2D eigenvalue weighted by atomic mass is 10.00. The molecule has 17 heavy (non-hydrogen) atoms. The number of carboxylic acid groups (broad SMARTS) is 1. The van der Waals surface area contributed by atoms with Crippen molar-refractivity contribution in [1.82, 2.24) is 4.90 Å². The molecule has 0 amide bonds. The number of benzene rings is 1. The van der Waals surface area contributed by atoms with Crippen molar-refractivity contribution in [3.05, 3.63) is 35.4 Å². The summed E-state index contributed by atoms with van der Waals surface area (Å²) in [6.07, 6.45) is 3.18. The molecule has 0 aliphatic carbocycles. The van der Waals surface area contributed by atoms with E-state index in [1.165, 1.54) is 11.1 Å². The second kappa shape index (κ2) is 5.82. The summed E-state index contributed by atoms with van der Waals surface area (Å²) in [7, 11) is 0. The number of hydrogen-bond donors (Lipinski definition) is 1. The van der Waals surface area contributed by atoms with Crippen molar-refractivity contribution in [1.29, 1.82) is 0 Å². The van der Waals surface area contributed by atoms with Crippen LogP contribution in [0, 0.1) is 0 Å². The molecule has 0 aromatic heterocycles. The van der Waals surface area contributed by atoms with Gasteiger partial charge in [-0.3, -0.25) is 9.69 Å². The molecule has 1 aromatic rings. The Morgan fingerprint density at radius 1 is 1.24 bits per heavy atom. The van der Waals surface area contributed by atoms with Crippen molar-refractivity contribution in [2.24, 2.45) is 0 Å². The first-order chi connectivity index (χ1) is 8.25. The van der Waals surface area contributed by atoms with Crippen molar-refractivity contribution in [3.8, 4) is 0 Å². The van der Waals surface area contributed by atoms with Crippen molar-refractivity contribution >= 4 is 5.97 Å². The first-order valence-electron chi connectivity index (χ1n) is 6.26. The van der Waals surface area contributed by atoms with Crippen molar-refractivity contribution in [2.45, 2.75) is 32.2 Å². The van der Waals surface area contributed by atoms with E-state index in [0.29, 0.717) is 6.42 Å². The highest BCUT2D eigenvalue weighted by Crippen LogP contribution is 2.18. The summed E-state index contributed by atoms with van der Waals surface area (Å²) in [5.41, 5.74) is 2.89. The predicted molar refractivity (Wildman–Crippen MR) is 66.9 cm³/mol. The van der Waals surface area contributed by atoms with Crippen LogP contribution in [0.25, 0.3) is 0 Å². The Bertz CT molecular complexity index is 390. The summed E-state index contributed by atoms with van der Waals surface area (Å²) in [5.74, 6) is -0.686. The zero-order valence-corrected chi connectivity index (χ0v) is 10.1. The van der Waals surface area contributed by atoms with Gasteiger partial charge in [-0.1, -0.05) is 24.3 Å². The predicted octanol–water partition coefficient (Wildman–Crippen LogP) is 2.30. The van der Waals surface area contributed by atoms with E-state index in [1.807, 2.05) is 0 Å². The average Bonchev–Trinajstić information content (AvgIpc) is 2.34. The Morgan fingerprint density at radius 2 is 2.00 bits per heavy atom. The summed E-state index contributed by atoms with van der Waals surface area (Å²) in [6, 6.07) is 8.59. The van der Waals surface area contributed by atoms with E-state index in [9.17, 15) is 4.79 Å². The largest absolute Gasteiger partial charge is 0.481 e. The van der Waals surface area contributed by atoms with Gasteiger partial charge in [-0.2, -0.15) is 0 Å². The van der Waals surface area contributed by atoms with Gasteiger partial charge in [-0.05, 0) is 36.9 Å². The second-order valence-electron chi connectivity index (χ2n) is 4.65. The van der Waals surface area contributed by atoms with E-state index < -0.39 is 5.97 Å². The number of hydrogen-bond acceptors (Lipinski definition) is 2. The van der Waals surface area contributed by atoms with Crippen LogP contribution < -0.4 is 0 Å². The van der Waals surface area contributed by atoms with Crippen molar-refractivity contribution in [3.63, 3.8) is 0 Å². The number of carbonyl (C=O) groups is 1. The lowest BCUT2D eigenvalue weighted by molar-refractivity contribution is -0.137. The zero-order valence-electron chi connectivity index (χ0n) is 10.1. The van der Waals surface area contributed by atoms with Crippen LogP contribution >= 0.6 is 0 Å². The standard InChI is InChI=1S/C14H19NO2/c16-14(17)7-3-4-9-15-10-8-12-5-1-2-6-13(12)11-15/h1-2,5-6H,3-4,7-11H2,(H,16,17). The minimum atomic E-state index is -0.686. The van der Waals surface area contributed by atoms with Crippen LogP contribution in [0.4, 0.5) is 0 Å². The van der Waals surface area contributed by atoms with Gasteiger partial charge in [0.05, 0.1) is 0 Å². The molecular weight excluding hydrogens is 214 g/mol. The van der Waals surface area contributed by atoms with Gasteiger partial charge in [0.15, 0.2) is 0 Å². The molecule has 3 nitrogen and oxygen atoms in total. The molecule has 2 rings (SSSR count). The molecule has 0 spiro atoms. The van der Waals surface area contributed by atoms with E-state index in [2.05, 4.69) is 29.2 Å². The molecule has 0 atom stereocenters. The number of carboxylic acids is 1. The molecule has 92 valence electrons. The third-order valence-corrected chi connectivity index (χ3v) is 3.32. The fourth-order valence-corrected chi connectivity index (χ4v) is 2.36. The molecule has 0 saturated heterocycles. The number of fused-ring (bicyclic) bond motifs is 1. The minimum Gasteiger partial charge on any atom is -0.481 e. The molecule has 0 bridgehead atoms. The van der Waals surface area contributed by atoms with Crippen LogP contribution in [0.15, 0.2) is 24.3 Å². The van der Waals surface area contributed by atoms with Gasteiger partial charge in [0, 0.05) is 19.5 Å². The molecule has 1 heterocycles. The summed E-state index contributed by atoms with van der Waals surface area (Å²) in [6.45, 7) is 3.13. The van der Waals surface area contributed by atoms with Crippen LogP contribution in [0.2, 0.25) is 0 Å². The highest BCUT2D eigenvalue weighted by atomic mass is 16.4. The maximum Gasteiger partial charge on any atom is 0.303 e. The fraction of sp³-hybridized carbons (Fsp3) is 0.500. The molecule has 1 aliphatic rings. The zero-order chi connectivity index (χ0) is 12.1. The SMILES string of the molecule is O=C(O)CCCCN1CCc2ccccc2C1. The van der Waals surface area contributed by atoms with Gasteiger partial charge in [0.1, 0.15) is 0 Å². The normalized spacial score (nSPS) is 15.5. The average molecular weight is 233 g/mol. The Balaban J connectivity index is 1.76. The smallest absolute Gasteiger partial charge is 0.303 e. The van der Waals surface area contributed by atoms with E-state index in [0.717, 1.165) is 38.9 Å². The van der Waals surface area contributed by atoms with E-state index in [1.54, 1.807) is 0 Å². The van der Waals surface area contributed by atoms with Crippen LogP contribution in [-0.4, -0.2) is 29.1 Å². The summed E-state index contributed by atoms with van der Waals surface area (Å²) >= 11 is 0. The third-order valence-electron chi connectivity index (χ3n) is 3.32. The molecule has 3 heteroatoms. The second-order valence-corrected chi connectivity index (χ2v) is 4.65. The van der Waals surface area contributed by atoms with Gasteiger partial charge in [0.2, 0.25) is 0 Å². The monoisotopic (exact) mass is 233 g/mol. The molecule has 0 unspecified atom stereocenters. The Hall–Kier alpha value is -1.35. The van der Waals surface area contributed by atoms with Crippen LogP contribution in [-0.2, 0) is 17.8 Å². The maximum absolute atomic E-state index is 10.4. The molecule has 0 radical (unpaired) electrons. The number of rotatable bonds is 5. The number of nitrogens with zero attached hydrogens (tertiary/aromatic N) is 1. The first-order valence-corrected chi connectivity index (χ1v) is 6.26. The molecule has 0 fully saturated rings. The summed E-state index contributed by atoms with van der Waals surface area (Å²) < 4.78 is 0. The number of aliphatic carboxylic acids is 1. The van der Waals surface area contributed by atoms with Crippen molar-refractivity contribution < 1.29 is 9.90 Å². The third kappa shape index (κ3) is 3.56. The Kier molecular flexibility index (Phi) is 4.15. The van der Waals surface area contributed by atoms with E-state index in [-0.39, 0.29) is 0 Å². The minimum absolute atomic E-state index is 0.296. The Labute approximate surface area is 102 Å². The molecule has 0 saturated carbocycles. The molecule has 1 N–H and O–H groups in total. The first kappa shape index (κ1) is 12.1. The van der Waals surface area contributed by atoms with Gasteiger partial charge in [-0.25, -0.2) is 0 Å². The summed E-state index contributed by atoms with van der Waals surface area (Å²) in [5, 5.41) is 8.57. The van der Waals surface area contributed by atoms with Crippen LogP contribution in [0.3, 0.4) is 0 Å². The van der Waals surface area contributed by atoms with Gasteiger partial charge >= 0.3 is 5.97 Å². The van der Waals surface area contributed by atoms with E-state index in [4.69, 9.17) is 5.11 Å². The highest BCUT2D eigenvalue weighted by molar-refractivity contribution is 5.66. The lowest BCUT2D eigenvalue weighted by Gasteiger charge is -2.28. The van der Waals surface area contributed by atoms with E-state index >= 15 is 0 Å². The molecule has 1 aromatic carbocycles. The topological polar surface area (TPSA) is 40.5 Å². The quantitative estimate of drug-likeness (QED) is 0.793. The lowest BCUT2D eigenvalue weighted by Crippen LogP contribution is -2.31. The van der Waals surface area contributed by atoms with Gasteiger partial charge in [0.25, 0.3) is 0 Å². The van der Waals surface area contributed by atoms with Gasteiger partial charge in [-0.15, -0.1) is 0 Å². The van der Waals surface area contributed by atoms with Gasteiger partial charge < -0.3 is 5.11 Å². The Morgan fingerprint density at radius 3 is 2.76 bits per heavy atom.